The van der Waals surface area contributed by atoms with Crippen molar-refractivity contribution in [3.63, 3.8) is 0 Å². The number of hydrogen-bond acceptors (Lipinski definition) is 2. The van der Waals surface area contributed by atoms with E-state index in [-0.39, 0.29) is 0 Å². The molecule has 1 aliphatic rings. The van der Waals surface area contributed by atoms with Gasteiger partial charge in [-0.15, -0.1) is 0 Å². The monoisotopic (exact) mass is 240 g/mol. The molecule has 2 atom stereocenters. The van der Waals surface area contributed by atoms with Crippen LogP contribution in [0.5, 0.6) is 0 Å². The van der Waals surface area contributed by atoms with Gasteiger partial charge >= 0.3 is 0 Å². The van der Waals surface area contributed by atoms with Gasteiger partial charge in [0.2, 0.25) is 0 Å². The highest BCUT2D eigenvalue weighted by molar-refractivity contribution is 6.30. The molecule has 2 rings (SSSR count). The second-order valence-corrected chi connectivity index (χ2v) is 4.72. The second kappa shape index (κ2) is 5.67. The first-order valence-corrected chi connectivity index (χ1v) is 6.18. The zero-order chi connectivity index (χ0) is 11.4. The number of aliphatic hydroxyl groups excluding tert-OH is 1. The summed E-state index contributed by atoms with van der Waals surface area (Å²) in [7, 11) is 0. The summed E-state index contributed by atoms with van der Waals surface area (Å²) in [6.45, 7) is 0.877. The smallest absolute Gasteiger partial charge is 0.0791 e. The molecule has 1 N–H and O–H groups in total. The van der Waals surface area contributed by atoms with E-state index < -0.39 is 6.10 Å². The van der Waals surface area contributed by atoms with Crippen LogP contribution < -0.4 is 0 Å². The maximum Gasteiger partial charge on any atom is 0.0791 e. The molecule has 16 heavy (non-hydrogen) atoms. The second-order valence-electron chi connectivity index (χ2n) is 4.28. The van der Waals surface area contributed by atoms with Gasteiger partial charge in [0.1, 0.15) is 0 Å². The summed E-state index contributed by atoms with van der Waals surface area (Å²) in [5.41, 5.74) is 0.933. The van der Waals surface area contributed by atoms with Gasteiger partial charge in [0.15, 0.2) is 0 Å². The number of benzene rings is 1. The van der Waals surface area contributed by atoms with Gasteiger partial charge in [0.05, 0.1) is 12.2 Å². The Morgan fingerprint density at radius 2 is 2.12 bits per heavy atom. The van der Waals surface area contributed by atoms with Gasteiger partial charge in [0.25, 0.3) is 0 Å². The van der Waals surface area contributed by atoms with E-state index in [1.165, 1.54) is 0 Å². The van der Waals surface area contributed by atoms with Crippen LogP contribution in [0.25, 0.3) is 0 Å². The maximum atomic E-state index is 9.97. The number of halogens is 1. The Labute approximate surface area is 101 Å². The first-order chi connectivity index (χ1) is 7.75. The zero-order valence-corrected chi connectivity index (χ0v) is 9.99. The maximum absolute atomic E-state index is 9.97. The van der Waals surface area contributed by atoms with E-state index in [0.717, 1.165) is 37.9 Å². The zero-order valence-electron chi connectivity index (χ0n) is 9.23. The highest BCUT2D eigenvalue weighted by atomic mass is 35.5. The molecule has 0 bridgehead atoms. The van der Waals surface area contributed by atoms with Gasteiger partial charge in [-0.05, 0) is 43.4 Å². The molecule has 88 valence electrons. The molecule has 0 saturated carbocycles. The Bertz CT molecular complexity index is 317. The van der Waals surface area contributed by atoms with E-state index in [0.29, 0.717) is 11.1 Å². The van der Waals surface area contributed by atoms with Crippen LogP contribution in [-0.4, -0.2) is 17.8 Å². The largest absolute Gasteiger partial charge is 0.388 e. The van der Waals surface area contributed by atoms with Crippen molar-refractivity contribution in [3.8, 4) is 0 Å². The Hall–Kier alpha value is -0.570. The van der Waals surface area contributed by atoms with Crippen molar-refractivity contribution in [2.45, 2.75) is 37.9 Å². The number of hydrogen-bond donors (Lipinski definition) is 1. The number of aliphatic hydroxyl groups is 1. The third kappa shape index (κ3) is 3.21. The Kier molecular flexibility index (Phi) is 4.22. The Balaban J connectivity index is 1.82. The topological polar surface area (TPSA) is 29.5 Å². The lowest BCUT2D eigenvalue weighted by atomic mass is 10.0. The van der Waals surface area contributed by atoms with Crippen molar-refractivity contribution >= 4 is 11.6 Å². The van der Waals surface area contributed by atoms with Crippen molar-refractivity contribution in [1.29, 1.82) is 0 Å². The molecule has 1 aliphatic heterocycles. The van der Waals surface area contributed by atoms with Gasteiger partial charge < -0.3 is 9.84 Å². The minimum absolute atomic E-state index is 0.349. The first kappa shape index (κ1) is 11.9. The molecular formula is C13H17ClO2. The molecule has 1 aromatic carbocycles. The van der Waals surface area contributed by atoms with Gasteiger partial charge in [-0.1, -0.05) is 23.7 Å². The molecule has 2 nitrogen and oxygen atoms in total. The molecular weight excluding hydrogens is 224 g/mol. The standard InChI is InChI=1S/C13H17ClO2/c14-11-5-3-10(4-6-11)13(15)8-7-12-2-1-9-16-12/h3-6,12-13,15H,1-2,7-9H2. The molecule has 3 heteroatoms. The van der Waals surface area contributed by atoms with Crippen molar-refractivity contribution in [1.82, 2.24) is 0 Å². The summed E-state index contributed by atoms with van der Waals surface area (Å²) >= 11 is 5.80. The van der Waals surface area contributed by atoms with E-state index in [9.17, 15) is 5.11 Å². The Morgan fingerprint density at radius 3 is 2.75 bits per heavy atom. The normalized spacial score (nSPS) is 22.2. The van der Waals surface area contributed by atoms with E-state index >= 15 is 0 Å². The van der Waals surface area contributed by atoms with E-state index in [1.807, 2.05) is 24.3 Å². The molecule has 1 heterocycles. The minimum Gasteiger partial charge on any atom is -0.388 e. The summed E-state index contributed by atoms with van der Waals surface area (Å²) in [6, 6.07) is 7.38. The third-order valence-corrected chi connectivity index (χ3v) is 3.29. The quantitative estimate of drug-likeness (QED) is 0.875. The summed E-state index contributed by atoms with van der Waals surface area (Å²) in [6.07, 6.45) is 3.92. The van der Waals surface area contributed by atoms with Gasteiger partial charge in [-0.3, -0.25) is 0 Å². The summed E-state index contributed by atoms with van der Waals surface area (Å²) in [5, 5.41) is 10.7. The van der Waals surface area contributed by atoms with Crippen LogP contribution in [0, 0.1) is 0 Å². The fourth-order valence-corrected chi connectivity index (χ4v) is 2.19. The molecule has 0 aromatic heterocycles. The lowest BCUT2D eigenvalue weighted by molar-refractivity contribution is 0.0812. The fraction of sp³-hybridized carbons (Fsp3) is 0.538. The van der Waals surface area contributed by atoms with E-state index in [2.05, 4.69) is 0 Å². The predicted molar refractivity (Wildman–Crippen MR) is 64.6 cm³/mol. The lowest BCUT2D eigenvalue weighted by Gasteiger charge is -2.14. The van der Waals surface area contributed by atoms with Crippen LogP contribution in [0.2, 0.25) is 5.02 Å². The fourth-order valence-electron chi connectivity index (χ4n) is 2.07. The number of rotatable bonds is 4. The van der Waals surface area contributed by atoms with Gasteiger partial charge in [-0.2, -0.15) is 0 Å². The lowest BCUT2D eigenvalue weighted by Crippen LogP contribution is -2.07. The van der Waals surface area contributed by atoms with Crippen LogP contribution in [0.1, 0.15) is 37.4 Å². The van der Waals surface area contributed by atoms with Crippen LogP contribution in [0.3, 0.4) is 0 Å². The van der Waals surface area contributed by atoms with Crippen molar-refractivity contribution in [2.24, 2.45) is 0 Å². The molecule has 0 aliphatic carbocycles. The van der Waals surface area contributed by atoms with Gasteiger partial charge in [-0.25, -0.2) is 0 Å². The predicted octanol–water partition coefficient (Wildman–Crippen LogP) is 3.33. The first-order valence-electron chi connectivity index (χ1n) is 5.81. The molecule has 1 aromatic rings. The molecule has 1 saturated heterocycles. The summed E-state index contributed by atoms with van der Waals surface area (Å²) < 4.78 is 5.53. The van der Waals surface area contributed by atoms with Crippen molar-refractivity contribution < 1.29 is 9.84 Å². The average molecular weight is 241 g/mol. The van der Waals surface area contributed by atoms with Crippen LogP contribution >= 0.6 is 11.6 Å². The van der Waals surface area contributed by atoms with Gasteiger partial charge in [0, 0.05) is 11.6 Å². The molecule has 0 radical (unpaired) electrons. The van der Waals surface area contributed by atoms with Crippen LogP contribution in [0.4, 0.5) is 0 Å². The average Bonchev–Trinajstić information content (AvgIpc) is 2.80. The number of ether oxygens (including phenoxy) is 1. The van der Waals surface area contributed by atoms with Crippen molar-refractivity contribution in [3.05, 3.63) is 34.9 Å². The van der Waals surface area contributed by atoms with Crippen LogP contribution in [0.15, 0.2) is 24.3 Å². The van der Waals surface area contributed by atoms with Crippen molar-refractivity contribution in [2.75, 3.05) is 6.61 Å². The molecule has 0 amide bonds. The highest BCUT2D eigenvalue weighted by Crippen LogP contribution is 2.24. The van der Waals surface area contributed by atoms with E-state index in [4.69, 9.17) is 16.3 Å². The molecule has 1 fully saturated rings. The molecule has 2 unspecified atom stereocenters. The van der Waals surface area contributed by atoms with Crippen LogP contribution in [-0.2, 0) is 4.74 Å². The van der Waals surface area contributed by atoms with E-state index in [1.54, 1.807) is 0 Å². The highest BCUT2D eigenvalue weighted by Gasteiger charge is 2.17. The minimum atomic E-state index is -0.401. The summed E-state index contributed by atoms with van der Waals surface area (Å²) in [4.78, 5) is 0. The molecule has 0 spiro atoms. The Morgan fingerprint density at radius 1 is 1.38 bits per heavy atom. The summed E-state index contributed by atoms with van der Waals surface area (Å²) in [5.74, 6) is 0. The SMILES string of the molecule is OC(CCC1CCCO1)c1ccc(Cl)cc1. The third-order valence-electron chi connectivity index (χ3n) is 3.04.